The van der Waals surface area contributed by atoms with Crippen molar-refractivity contribution in [1.29, 1.82) is 0 Å². The van der Waals surface area contributed by atoms with Crippen molar-refractivity contribution in [2.24, 2.45) is 4.99 Å². The molecule has 1 rings (SSSR count). The van der Waals surface area contributed by atoms with Gasteiger partial charge in [0, 0.05) is 59.5 Å². The van der Waals surface area contributed by atoms with Crippen LogP contribution in [0.25, 0.3) is 0 Å². The van der Waals surface area contributed by atoms with Crippen molar-refractivity contribution in [3.05, 3.63) is 0 Å². The van der Waals surface area contributed by atoms with Gasteiger partial charge in [-0.25, -0.2) is 0 Å². The van der Waals surface area contributed by atoms with Crippen LogP contribution in [0.3, 0.4) is 0 Å². The number of nitrogens with zero attached hydrogens (tertiary/aromatic N) is 3. The second-order valence-electron chi connectivity index (χ2n) is 6.50. The first-order chi connectivity index (χ1) is 12.3. The molecule has 0 radical (unpaired) electrons. The molecule has 0 bridgehead atoms. The Bertz CT molecular complexity index is 333. The standard InChI is InChI=1S/C18H39N5O2/c1-4-19-18(21-9-7-15-25-17-16-24-3)20-8-5-6-10-23-13-11-22(2)12-14-23/h4-17H2,1-3H3,(H2,19,20,21). The lowest BCUT2D eigenvalue weighted by molar-refractivity contribution is 0.0702. The lowest BCUT2D eigenvalue weighted by Crippen LogP contribution is -2.44. The van der Waals surface area contributed by atoms with E-state index in [0.29, 0.717) is 13.2 Å². The highest BCUT2D eigenvalue weighted by Gasteiger charge is 2.12. The number of ether oxygens (including phenoxy) is 2. The molecule has 1 heterocycles. The number of rotatable bonds is 13. The Morgan fingerprint density at radius 2 is 1.80 bits per heavy atom. The second-order valence-corrected chi connectivity index (χ2v) is 6.50. The Hall–Kier alpha value is -0.890. The number of likely N-dealkylation sites (N-methyl/N-ethyl adjacent to an activating group) is 1. The van der Waals surface area contributed by atoms with Crippen LogP contribution in [0.2, 0.25) is 0 Å². The molecule has 7 heteroatoms. The molecule has 0 saturated carbocycles. The Labute approximate surface area is 154 Å². The van der Waals surface area contributed by atoms with Crippen molar-refractivity contribution in [1.82, 2.24) is 20.4 Å². The third kappa shape index (κ3) is 12.2. The van der Waals surface area contributed by atoms with Gasteiger partial charge in [0.25, 0.3) is 0 Å². The molecule has 0 aromatic rings. The van der Waals surface area contributed by atoms with E-state index >= 15 is 0 Å². The monoisotopic (exact) mass is 357 g/mol. The van der Waals surface area contributed by atoms with E-state index in [4.69, 9.17) is 9.47 Å². The highest BCUT2D eigenvalue weighted by atomic mass is 16.5. The summed E-state index contributed by atoms with van der Waals surface area (Å²) in [5.74, 6) is 0.916. The Kier molecular flexibility index (Phi) is 13.6. The normalized spacial score (nSPS) is 17.0. The van der Waals surface area contributed by atoms with E-state index in [9.17, 15) is 0 Å². The van der Waals surface area contributed by atoms with Crippen LogP contribution in [0, 0.1) is 0 Å². The topological polar surface area (TPSA) is 61.4 Å². The number of hydrogen-bond donors (Lipinski definition) is 2. The Morgan fingerprint density at radius 3 is 2.52 bits per heavy atom. The summed E-state index contributed by atoms with van der Waals surface area (Å²) < 4.78 is 10.4. The molecule has 0 aliphatic carbocycles. The van der Waals surface area contributed by atoms with Crippen LogP contribution in [-0.2, 0) is 9.47 Å². The molecular weight excluding hydrogens is 318 g/mol. The van der Waals surface area contributed by atoms with Gasteiger partial charge in [0.2, 0.25) is 0 Å². The molecule has 1 aliphatic rings. The first-order valence-electron chi connectivity index (χ1n) is 9.76. The molecule has 0 amide bonds. The SMILES string of the molecule is CCNC(=NCCCOCCOC)NCCCCN1CCN(C)CC1. The quantitative estimate of drug-likeness (QED) is 0.286. The van der Waals surface area contributed by atoms with Gasteiger partial charge in [0.05, 0.1) is 13.2 Å². The first-order valence-corrected chi connectivity index (χ1v) is 9.76. The van der Waals surface area contributed by atoms with Crippen molar-refractivity contribution in [2.45, 2.75) is 26.2 Å². The summed E-state index contributed by atoms with van der Waals surface area (Å²) in [6.07, 6.45) is 3.35. The van der Waals surface area contributed by atoms with E-state index in [2.05, 4.69) is 39.4 Å². The molecule has 0 aromatic heterocycles. The molecule has 0 atom stereocenters. The highest BCUT2D eigenvalue weighted by molar-refractivity contribution is 5.79. The average Bonchev–Trinajstić information content (AvgIpc) is 2.62. The predicted octanol–water partition coefficient (Wildman–Crippen LogP) is 0.622. The van der Waals surface area contributed by atoms with Gasteiger partial charge < -0.3 is 29.9 Å². The van der Waals surface area contributed by atoms with E-state index in [1.165, 1.54) is 45.6 Å². The second kappa shape index (κ2) is 15.4. The van der Waals surface area contributed by atoms with Crippen LogP contribution in [0.15, 0.2) is 4.99 Å². The van der Waals surface area contributed by atoms with E-state index < -0.39 is 0 Å². The molecule has 0 aromatic carbocycles. The third-order valence-corrected chi connectivity index (χ3v) is 4.28. The lowest BCUT2D eigenvalue weighted by atomic mass is 10.2. The molecule has 1 saturated heterocycles. The van der Waals surface area contributed by atoms with Crippen LogP contribution < -0.4 is 10.6 Å². The Morgan fingerprint density at radius 1 is 1.00 bits per heavy atom. The fourth-order valence-corrected chi connectivity index (χ4v) is 2.68. The van der Waals surface area contributed by atoms with Crippen LogP contribution in [-0.4, -0.2) is 102 Å². The maximum Gasteiger partial charge on any atom is 0.191 e. The third-order valence-electron chi connectivity index (χ3n) is 4.28. The summed E-state index contributed by atoms with van der Waals surface area (Å²) in [5.41, 5.74) is 0. The van der Waals surface area contributed by atoms with Crippen molar-refractivity contribution < 1.29 is 9.47 Å². The summed E-state index contributed by atoms with van der Waals surface area (Å²) in [6, 6.07) is 0. The molecule has 7 nitrogen and oxygen atoms in total. The summed E-state index contributed by atoms with van der Waals surface area (Å²) in [7, 11) is 3.89. The minimum atomic E-state index is 0.654. The molecule has 0 spiro atoms. The smallest absolute Gasteiger partial charge is 0.191 e. The van der Waals surface area contributed by atoms with Gasteiger partial charge in [-0.3, -0.25) is 4.99 Å². The van der Waals surface area contributed by atoms with E-state index in [1.54, 1.807) is 7.11 Å². The van der Waals surface area contributed by atoms with E-state index in [1.807, 2.05) is 0 Å². The fraction of sp³-hybridized carbons (Fsp3) is 0.944. The largest absolute Gasteiger partial charge is 0.382 e. The highest BCUT2D eigenvalue weighted by Crippen LogP contribution is 2.01. The van der Waals surface area contributed by atoms with Crippen molar-refractivity contribution >= 4 is 5.96 Å². The summed E-state index contributed by atoms with van der Waals surface area (Å²) >= 11 is 0. The minimum absolute atomic E-state index is 0.654. The maximum atomic E-state index is 5.45. The van der Waals surface area contributed by atoms with Crippen LogP contribution >= 0.6 is 0 Å². The lowest BCUT2D eigenvalue weighted by Gasteiger charge is -2.32. The number of piperazine rings is 1. The van der Waals surface area contributed by atoms with Gasteiger partial charge in [-0.2, -0.15) is 0 Å². The molecule has 0 unspecified atom stereocenters. The number of nitrogens with one attached hydrogen (secondary N) is 2. The van der Waals surface area contributed by atoms with Crippen LogP contribution in [0.4, 0.5) is 0 Å². The summed E-state index contributed by atoms with van der Waals surface area (Å²) in [6.45, 7) is 12.8. The minimum Gasteiger partial charge on any atom is -0.382 e. The maximum absolute atomic E-state index is 5.45. The molecular formula is C18H39N5O2. The molecule has 25 heavy (non-hydrogen) atoms. The Balaban J connectivity index is 2.04. The molecule has 2 N–H and O–H groups in total. The number of methoxy groups -OCH3 is 1. The van der Waals surface area contributed by atoms with Crippen molar-refractivity contribution in [2.75, 3.05) is 86.3 Å². The van der Waals surface area contributed by atoms with Gasteiger partial charge in [0.15, 0.2) is 5.96 Å². The van der Waals surface area contributed by atoms with Gasteiger partial charge in [0.1, 0.15) is 0 Å². The average molecular weight is 358 g/mol. The van der Waals surface area contributed by atoms with Gasteiger partial charge >= 0.3 is 0 Å². The van der Waals surface area contributed by atoms with Crippen molar-refractivity contribution in [3.63, 3.8) is 0 Å². The van der Waals surface area contributed by atoms with Gasteiger partial charge in [-0.15, -0.1) is 0 Å². The van der Waals surface area contributed by atoms with E-state index in [0.717, 1.165) is 38.6 Å². The number of unbranched alkanes of at least 4 members (excludes halogenated alkanes) is 1. The number of guanidine groups is 1. The van der Waals surface area contributed by atoms with Gasteiger partial charge in [-0.05, 0) is 39.8 Å². The summed E-state index contributed by atoms with van der Waals surface area (Å²) in [4.78, 5) is 9.57. The number of hydrogen-bond acceptors (Lipinski definition) is 5. The molecule has 1 aliphatic heterocycles. The zero-order chi connectivity index (χ0) is 18.2. The van der Waals surface area contributed by atoms with E-state index in [-0.39, 0.29) is 0 Å². The fourth-order valence-electron chi connectivity index (χ4n) is 2.68. The summed E-state index contributed by atoms with van der Waals surface area (Å²) in [5, 5.41) is 6.73. The molecule has 148 valence electrons. The van der Waals surface area contributed by atoms with Crippen LogP contribution in [0.5, 0.6) is 0 Å². The predicted molar refractivity (Wildman–Crippen MR) is 104 cm³/mol. The van der Waals surface area contributed by atoms with Crippen LogP contribution in [0.1, 0.15) is 26.2 Å². The van der Waals surface area contributed by atoms with Crippen molar-refractivity contribution in [3.8, 4) is 0 Å². The van der Waals surface area contributed by atoms with Gasteiger partial charge in [-0.1, -0.05) is 0 Å². The zero-order valence-electron chi connectivity index (χ0n) is 16.6. The number of aliphatic imine (C=N–C) groups is 1. The molecule has 1 fully saturated rings. The zero-order valence-corrected chi connectivity index (χ0v) is 16.6. The first kappa shape index (κ1) is 22.2.